The first-order chi connectivity index (χ1) is 8.19. The number of amides is 1. The average Bonchev–Trinajstić information content (AvgIpc) is 2.86. The quantitative estimate of drug-likeness (QED) is 0.710. The molecule has 17 heavy (non-hydrogen) atoms. The van der Waals surface area contributed by atoms with E-state index >= 15 is 0 Å². The molecule has 1 fully saturated rings. The Hall–Kier alpha value is -1.12. The maximum Gasteiger partial charge on any atom is 0.236 e. The van der Waals surface area contributed by atoms with Gasteiger partial charge >= 0.3 is 0 Å². The molecule has 1 aliphatic heterocycles. The Morgan fingerprint density at radius 3 is 2.88 bits per heavy atom. The number of likely N-dealkylation sites (N-methyl/N-ethyl adjacent to an activating group) is 2. The molecule has 0 bridgehead atoms. The van der Waals surface area contributed by atoms with Crippen molar-refractivity contribution in [3.8, 4) is 6.07 Å². The second-order valence-corrected chi connectivity index (χ2v) is 4.43. The Balaban J connectivity index is 2.39. The fourth-order valence-corrected chi connectivity index (χ4v) is 2.09. The molecular weight excluding hydrogens is 216 g/mol. The fourth-order valence-electron chi connectivity index (χ4n) is 2.09. The zero-order valence-corrected chi connectivity index (χ0v) is 10.8. The third kappa shape index (κ3) is 4.33. The highest BCUT2D eigenvalue weighted by atomic mass is 16.2. The highest BCUT2D eigenvalue weighted by Gasteiger charge is 2.23. The van der Waals surface area contributed by atoms with Crippen molar-refractivity contribution in [2.75, 3.05) is 39.8 Å². The number of carbonyl (C=O) groups excluding carboxylic acids is 1. The highest BCUT2D eigenvalue weighted by Crippen LogP contribution is 2.08. The summed E-state index contributed by atoms with van der Waals surface area (Å²) in [6, 6.07) is 2.54. The van der Waals surface area contributed by atoms with E-state index in [-0.39, 0.29) is 5.91 Å². The molecule has 1 aliphatic rings. The molecule has 0 aromatic heterocycles. The topological polar surface area (TPSA) is 59.4 Å². The summed E-state index contributed by atoms with van der Waals surface area (Å²) in [5.41, 5.74) is 0. The minimum Gasteiger partial charge on any atom is -0.344 e. The maximum absolute atomic E-state index is 11.9. The van der Waals surface area contributed by atoms with Crippen LogP contribution >= 0.6 is 0 Å². The van der Waals surface area contributed by atoms with Gasteiger partial charge in [0.2, 0.25) is 5.91 Å². The predicted molar refractivity (Wildman–Crippen MR) is 66.4 cm³/mol. The van der Waals surface area contributed by atoms with Crippen LogP contribution in [0, 0.1) is 11.3 Å². The van der Waals surface area contributed by atoms with Gasteiger partial charge < -0.3 is 10.2 Å². The molecule has 1 N–H and O–H groups in total. The molecule has 1 atom stereocenters. The summed E-state index contributed by atoms with van der Waals surface area (Å²) in [6.45, 7) is 5.98. The molecule has 5 heteroatoms. The average molecular weight is 238 g/mol. The van der Waals surface area contributed by atoms with Gasteiger partial charge in [-0.25, -0.2) is 0 Å². The largest absolute Gasteiger partial charge is 0.344 e. The number of nitrogens with zero attached hydrogens (tertiary/aromatic N) is 3. The number of hydrogen-bond acceptors (Lipinski definition) is 4. The molecule has 0 aromatic rings. The summed E-state index contributed by atoms with van der Waals surface area (Å²) in [4.78, 5) is 15.8. The molecular formula is C12H22N4O. The Bertz CT molecular complexity index is 281. The highest BCUT2D eigenvalue weighted by molar-refractivity contribution is 5.78. The molecule has 1 rings (SSSR count). The number of hydrogen-bond donors (Lipinski definition) is 1. The minimum absolute atomic E-state index is 0.106. The number of rotatable bonds is 6. The van der Waals surface area contributed by atoms with Crippen molar-refractivity contribution in [3.63, 3.8) is 0 Å². The molecule has 1 saturated heterocycles. The predicted octanol–water partition coefficient (Wildman–Crippen LogP) is 0.0423. The van der Waals surface area contributed by atoms with Gasteiger partial charge in [-0.1, -0.05) is 6.92 Å². The van der Waals surface area contributed by atoms with E-state index in [2.05, 4.69) is 23.2 Å². The van der Waals surface area contributed by atoms with Gasteiger partial charge in [-0.2, -0.15) is 5.26 Å². The Morgan fingerprint density at radius 2 is 2.35 bits per heavy atom. The van der Waals surface area contributed by atoms with Crippen molar-refractivity contribution in [1.82, 2.24) is 15.1 Å². The van der Waals surface area contributed by atoms with E-state index in [1.54, 1.807) is 11.9 Å². The van der Waals surface area contributed by atoms with Crippen LogP contribution in [-0.4, -0.2) is 61.5 Å². The molecule has 0 radical (unpaired) electrons. The van der Waals surface area contributed by atoms with Gasteiger partial charge in [0.15, 0.2) is 0 Å². The zero-order valence-electron chi connectivity index (χ0n) is 10.8. The smallest absolute Gasteiger partial charge is 0.236 e. The molecule has 1 unspecified atom stereocenters. The number of nitriles is 1. The van der Waals surface area contributed by atoms with Crippen LogP contribution in [-0.2, 0) is 4.79 Å². The SMILES string of the molecule is CCN(CC(=O)N(C)CCC#N)C1CCNC1. The van der Waals surface area contributed by atoms with Crippen molar-refractivity contribution < 1.29 is 4.79 Å². The lowest BCUT2D eigenvalue weighted by Gasteiger charge is -2.28. The van der Waals surface area contributed by atoms with Crippen molar-refractivity contribution in [2.45, 2.75) is 25.8 Å². The summed E-state index contributed by atoms with van der Waals surface area (Å²) < 4.78 is 0. The Labute approximate surface area is 103 Å². The van der Waals surface area contributed by atoms with Gasteiger partial charge in [0.1, 0.15) is 0 Å². The molecule has 0 saturated carbocycles. The lowest BCUT2D eigenvalue weighted by molar-refractivity contribution is -0.131. The molecule has 5 nitrogen and oxygen atoms in total. The lowest BCUT2D eigenvalue weighted by atomic mass is 10.2. The molecule has 0 spiro atoms. The van der Waals surface area contributed by atoms with E-state index in [4.69, 9.17) is 5.26 Å². The van der Waals surface area contributed by atoms with Crippen molar-refractivity contribution in [3.05, 3.63) is 0 Å². The summed E-state index contributed by atoms with van der Waals surface area (Å²) in [5, 5.41) is 11.8. The summed E-state index contributed by atoms with van der Waals surface area (Å²) in [6.07, 6.45) is 1.52. The zero-order chi connectivity index (χ0) is 12.7. The molecule has 1 heterocycles. The Morgan fingerprint density at radius 1 is 1.59 bits per heavy atom. The van der Waals surface area contributed by atoms with Crippen molar-refractivity contribution in [2.24, 2.45) is 0 Å². The number of carbonyl (C=O) groups is 1. The molecule has 96 valence electrons. The van der Waals surface area contributed by atoms with Crippen LogP contribution in [0.5, 0.6) is 0 Å². The second kappa shape index (κ2) is 7.25. The lowest BCUT2D eigenvalue weighted by Crippen LogP contribution is -2.44. The van der Waals surface area contributed by atoms with Crippen LogP contribution in [0.25, 0.3) is 0 Å². The van der Waals surface area contributed by atoms with Crippen LogP contribution in [0.2, 0.25) is 0 Å². The third-order valence-electron chi connectivity index (χ3n) is 3.28. The third-order valence-corrected chi connectivity index (χ3v) is 3.28. The van der Waals surface area contributed by atoms with Crippen molar-refractivity contribution >= 4 is 5.91 Å². The monoisotopic (exact) mass is 238 g/mol. The minimum atomic E-state index is 0.106. The molecule has 0 aliphatic carbocycles. The van der Waals surface area contributed by atoms with Gasteiger partial charge in [0, 0.05) is 26.2 Å². The summed E-state index contributed by atoms with van der Waals surface area (Å²) >= 11 is 0. The summed E-state index contributed by atoms with van der Waals surface area (Å²) in [7, 11) is 1.76. The van der Waals surface area contributed by atoms with Gasteiger partial charge in [0.05, 0.1) is 19.0 Å². The van der Waals surface area contributed by atoms with Gasteiger partial charge in [-0.15, -0.1) is 0 Å². The van der Waals surface area contributed by atoms with Crippen molar-refractivity contribution in [1.29, 1.82) is 5.26 Å². The number of nitrogens with one attached hydrogen (secondary N) is 1. The van der Waals surface area contributed by atoms with E-state index in [1.165, 1.54) is 0 Å². The second-order valence-electron chi connectivity index (χ2n) is 4.43. The molecule has 0 aromatic carbocycles. The van der Waals surface area contributed by atoms with E-state index in [1.807, 2.05) is 0 Å². The van der Waals surface area contributed by atoms with E-state index in [0.717, 1.165) is 26.1 Å². The standard InChI is InChI=1S/C12H22N4O/c1-3-16(11-5-7-14-9-11)10-12(17)15(2)8-4-6-13/h11,14H,3-5,7-10H2,1-2H3. The maximum atomic E-state index is 11.9. The first kappa shape index (κ1) is 13.9. The first-order valence-corrected chi connectivity index (χ1v) is 6.24. The van der Waals surface area contributed by atoms with E-state index in [0.29, 0.717) is 25.6 Å². The van der Waals surface area contributed by atoms with Crippen LogP contribution in [0.3, 0.4) is 0 Å². The van der Waals surface area contributed by atoms with Crippen LogP contribution in [0.15, 0.2) is 0 Å². The van der Waals surface area contributed by atoms with Crippen LogP contribution < -0.4 is 5.32 Å². The van der Waals surface area contributed by atoms with Crippen LogP contribution in [0.1, 0.15) is 19.8 Å². The van der Waals surface area contributed by atoms with Crippen LogP contribution in [0.4, 0.5) is 0 Å². The van der Waals surface area contributed by atoms with Gasteiger partial charge in [-0.3, -0.25) is 9.69 Å². The van der Waals surface area contributed by atoms with Gasteiger partial charge in [-0.05, 0) is 19.5 Å². The Kier molecular flexibility index (Phi) is 5.95. The van der Waals surface area contributed by atoms with Gasteiger partial charge in [0.25, 0.3) is 0 Å². The van der Waals surface area contributed by atoms with E-state index < -0.39 is 0 Å². The van der Waals surface area contributed by atoms with E-state index in [9.17, 15) is 4.79 Å². The fraction of sp³-hybridized carbons (Fsp3) is 0.833. The molecule has 1 amide bonds. The summed E-state index contributed by atoms with van der Waals surface area (Å²) in [5.74, 6) is 0.106. The normalized spacial score (nSPS) is 19.3. The first-order valence-electron chi connectivity index (χ1n) is 6.24.